The lowest BCUT2D eigenvalue weighted by Crippen LogP contribution is -2.23. The summed E-state index contributed by atoms with van der Waals surface area (Å²) in [4.78, 5) is 14.6. The topological polar surface area (TPSA) is 168 Å². The molecule has 0 aliphatic heterocycles. The second-order valence-corrected chi connectivity index (χ2v) is 6.63. The minimum absolute atomic E-state index is 0.0143. The molecule has 3 rings (SSSR count). The second kappa shape index (κ2) is 9.74. The van der Waals surface area contributed by atoms with Gasteiger partial charge in [0.05, 0.1) is 33.2 Å². The van der Waals surface area contributed by atoms with E-state index in [4.69, 9.17) is 19.9 Å². The van der Waals surface area contributed by atoms with Crippen LogP contribution in [-0.4, -0.2) is 77.8 Å². The molecule has 0 bridgehead atoms. The predicted molar refractivity (Wildman–Crippen MR) is 112 cm³/mol. The third-order valence-electron chi connectivity index (χ3n) is 4.24. The molecule has 32 heavy (non-hydrogen) atoms. The number of nitrogen functional groups attached to an aromatic ring is 1. The van der Waals surface area contributed by atoms with Gasteiger partial charge in [-0.3, -0.25) is 4.79 Å². The maximum absolute atomic E-state index is 12.8. The Balaban J connectivity index is 1.86. The number of nitrogens with zero attached hydrogens (tertiary/aromatic N) is 7. The number of nitrogens with one attached hydrogen (secondary N) is 1. The third kappa shape index (κ3) is 4.44. The van der Waals surface area contributed by atoms with Crippen LogP contribution in [-0.2, 0) is 6.54 Å². The zero-order valence-electron chi connectivity index (χ0n) is 18.2. The standard InChI is InChI=1S/C18H23N9O5/c1-26(2)9-11-13(21-25-27(11)17-16(19)23-32-24-17)18(28)22-20-8-10-6-7-12(29-3)15(31-5)14(10)30-4/h6-8H,9H2,1-5H3,(H2,19,23)(H,22,28)/b20-8+. The predicted octanol–water partition coefficient (Wildman–Crippen LogP) is 0.0838. The Morgan fingerprint density at radius 1 is 1.22 bits per heavy atom. The van der Waals surface area contributed by atoms with Crippen LogP contribution in [0.5, 0.6) is 17.2 Å². The molecule has 14 nitrogen and oxygen atoms in total. The normalized spacial score (nSPS) is 11.2. The Hall–Kier alpha value is -4.20. The van der Waals surface area contributed by atoms with Crippen LogP contribution in [0.1, 0.15) is 21.7 Å². The number of nitrogens with two attached hydrogens (primary N) is 1. The summed E-state index contributed by atoms with van der Waals surface area (Å²) in [6, 6.07) is 3.41. The van der Waals surface area contributed by atoms with Crippen molar-refractivity contribution in [2.45, 2.75) is 6.54 Å². The highest BCUT2D eigenvalue weighted by atomic mass is 16.6. The van der Waals surface area contributed by atoms with Gasteiger partial charge in [-0.15, -0.1) is 5.10 Å². The van der Waals surface area contributed by atoms with Gasteiger partial charge in [-0.2, -0.15) is 9.78 Å². The molecule has 0 unspecified atom stereocenters. The van der Waals surface area contributed by atoms with E-state index >= 15 is 0 Å². The van der Waals surface area contributed by atoms with E-state index in [1.54, 1.807) is 12.1 Å². The Labute approximate surface area is 182 Å². The van der Waals surface area contributed by atoms with Crippen LogP contribution in [0, 0.1) is 0 Å². The molecule has 2 aromatic heterocycles. The molecule has 0 aliphatic rings. The highest BCUT2D eigenvalue weighted by molar-refractivity contribution is 5.94. The maximum Gasteiger partial charge on any atom is 0.293 e. The van der Waals surface area contributed by atoms with Crippen molar-refractivity contribution in [2.24, 2.45) is 5.10 Å². The molecule has 0 spiro atoms. The van der Waals surface area contributed by atoms with Crippen LogP contribution in [0.3, 0.4) is 0 Å². The van der Waals surface area contributed by atoms with E-state index in [2.05, 4.69) is 35.8 Å². The smallest absolute Gasteiger partial charge is 0.293 e. The molecule has 2 heterocycles. The van der Waals surface area contributed by atoms with Gasteiger partial charge in [0.25, 0.3) is 5.91 Å². The Kier molecular flexibility index (Phi) is 6.84. The Bertz CT molecular complexity index is 1120. The fourth-order valence-electron chi connectivity index (χ4n) is 2.87. The quantitative estimate of drug-likeness (QED) is 0.338. The number of ether oxygens (including phenoxy) is 3. The fraction of sp³-hybridized carbons (Fsp3) is 0.333. The highest BCUT2D eigenvalue weighted by Crippen LogP contribution is 2.38. The van der Waals surface area contributed by atoms with E-state index in [9.17, 15) is 4.79 Å². The Morgan fingerprint density at radius 2 is 1.97 bits per heavy atom. The van der Waals surface area contributed by atoms with Crippen molar-refractivity contribution in [3.8, 4) is 23.1 Å². The number of hydrazone groups is 1. The van der Waals surface area contributed by atoms with Crippen molar-refractivity contribution in [2.75, 3.05) is 41.2 Å². The molecule has 3 N–H and O–H groups in total. The van der Waals surface area contributed by atoms with Gasteiger partial charge >= 0.3 is 0 Å². The fourth-order valence-corrected chi connectivity index (χ4v) is 2.87. The number of rotatable bonds is 9. The molecule has 0 saturated carbocycles. The summed E-state index contributed by atoms with van der Waals surface area (Å²) in [7, 11) is 8.15. The molecular formula is C18H23N9O5. The van der Waals surface area contributed by atoms with Gasteiger partial charge in [0, 0.05) is 12.1 Å². The molecule has 0 saturated heterocycles. The van der Waals surface area contributed by atoms with Crippen LogP contribution < -0.4 is 25.4 Å². The van der Waals surface area contributed by atoms with E-state index in [-0.39, 0.29) is 17.3 Å². The summed E-state index contributed by atoms with van der Waals surface area (Å²) >= 11 is 0. The number of aromatic nitrogens is 5. The van der Waals surface area contributed by atoms with Crippen LogP contribution >= 0.6 is 0 Å². The SMILES string of the molecule is COc1ccc(/C=N/NC(=O)c2nnn(-c3nonc3N)c2CN(C)C)c(OC)c1OC. The maximum atomic E-state index is 12.8. The molecule has 1 aromatic carbocycles. The van der Waals surface area contributed by atoms with E-state index in [1.807, 2.05) is 19.0 Å². The molecule has 3 aromatic rings. The summed E-state index contributed by atoms with van der Waals surface area (Å²) in [5, 5.41) is 19.2. The van der Waals surface area contributed by atoms with Crippen molar-refractivity contribution in [1.29, 1.82) is 0 Å². The van der Waals surface area contributed by atoms with Crippen molar-refractivity contribution in [3.63, 3.8) is 0 Å². The molecular weight excluding hydrogens is 422 g/mol. The van der Waals surface area contributed by atoms with Crippen molar-refractivity contribution < 1.29 is 23.6 Å². The first-order chi connectivity index (χ1) is 15.4. The molecule has 170 valence electrons. The molecule has 0 radical (unpaired) electrons. The van der Waals surface area contributed by atoms with Crippen LogP contribution in [0.15, 0.2) is 21.9 Å². The van der Waals surface area contributed by atoms with Crippen LogP contribution in [0.4, 0.5) is 5.82 Å². The van der Waals surface area contributed by atoms with Gasteiger partial charge in [-0.1, -0.05) is 5.21 Å². The van der Waals surface area contributed by atoms with Crippen LogP contribution in [0.25, 0.3) is 5.82 Å². The van der Waals surface area contributed by atoms with Crippen molar-refractivity contribution in [3.05, 3.63) is 29.1 Å². The monoisotopic (exact) mass is 445 g/mol. The van der Waals surface area contributed by atoms with Gasteiger partial charge in [0.1, 0.15) is 0 Å². The van der Waals surface area contributed by atoms with Gasteiger partial charge < -0.3 is 24.8 Å². The van der Waals surface area contributed by atoms with Gasteiger partial charge in [0.2, 0.25) is 17.4 Å². The molecule has 1 amide bonds. The lowest BCUT2D eigenvalue weighted by Gasteiger charge is -2.13. The lowest BCUT2D eigenvalue weighted by atomic mass is 10.2. The molecule has 0 fully saturated rings. The number of hydrogen-bond acceptors (Lipinski definition) is 12. The largest absolute Gasteiger partial charge is 0.493 e. The summed E-state index contributed by atoms with van der Waals surface area (Å²) in [5.74, 6) is 0.863. The number of benzene rings is 1. The first kappa shape index (κ1) is 22.5. The highest BCUT2D eigenvalue weighted by Gasteiger charge is 2.24. The second-order valence-electron chi connectivity index (χ2n) is 6.63. The van der Waals surface area contributed by atoms with E-state index in [0.717, 1.165) is 0 Å². The number of hydrogen-bond donors (Lipinski definition) is 2. The van der Waals surface area contributed by atoms with Crippen molar-refractivity contribution >= 4 is 17.9 Å². The lowest BCUT2D eigenvalue weighted by molar-refractivity contribution is 0.0948. The van der Waals surface area contributed by atoms with Crippen molar-refractivity contribution in [1.82, 2.24) is 35.6 Å². The van der Waals surface area contributed by atoms with Gasteiger partial charge in [-0.25, -0.2) is 10.1 Å². The minimum Gasteiger partial charge on any atom is -0.493 e. The van der Waals surface area contributed by atoms with E-state index < -0.39 is 5.91 Å². The zero-order valence-corrected chi connectivity index (χ0v) is 18.2. The van der Waals surface area contributed by atoms with Crippen LogP contribution in [0.2, 0.25) is 0 Å². The molecule has 14 heteroatoms. The summed E-state index contributed by atoms with van der Waals surface area (Å²) in [5.41, 5.74) is 9.20. The summed E-state index contributed by atoms with van der Waals surface area (Å²) < 4.78 is 21.9. The number of amides is 1. The number of carbonyl (C=O) groups is 1. The average Bonchev–Trinajstić information content (AvgIpc) is 3.38. The average molecular weight is 445 g/mol. The zero-order chi connectivity index (χ0) is 23.3. The summed E-state index contributed by atoms with van der Waals surface area (Å²) in [6.45, 7) is 0.315. The summed E-state index contributed by atoms with van der Waals surface area (Å²) in [6.07, 6.45) is 1.41. The number of methoxy groups -OCH3 is 3. The first-order valence-corrected chi connectivity index (χ1v) is 9.21. The first-order valence-electron chi connectivity index (χ1n) is 9.21. The van der Waals surface area contributed by atoms with E-state index in [1.165, 1.54) is 32.2 Å². The number of anilines is 1. The molecule has 0 atom stereocenters. The molecule has 0 aliphatic carbocycles. The van der Waals surface area contributed by atoms with E-state index in [0.29, 0.717) is 35.1 Å². The number of carbonyl (C=O) groups excluding carboxylic acids is 1. The minimum atomic E-state index is -0.584. The van der Waals surface area contributed by atoms with Gasteiger partial charge in [-0.05, 0) is 36.5 Å². The van der Waals surface area contributed by atoms with Gasteiger partial charge in [0.15, 0.2) is 17.2 Å². The third-order valence-corrected chi connectivity index (χ3v) is 4.24. The Morgan fingerprint density at radius 3 is 2.56 bits per heavy atom.